The molecule has 0 atom stereocenters. The minimum Gasteiger partial charge on any atom is -0.490 e. The summed E-state index contributed by atoms with van der Waals surface area (Å²) in [7, 11) is 0. The van der Waals surface area contributed by atoms with E-state index in [1.54, 1.807) is 24.5 Å². The van der Waals surface area contributed by atoms with Crippen molar-refractivity contribution in [2.75, 3.05) is 13.2 Å². The Labute approximate surface area is 175 Å². The van der Waals surface area contributed by atoms with Crippen LogP contribution in [0.15, 0.2) is 54.9 Å². The molecule has 1 aromatic carbocycles. The Balaban J connectivity index is 1.30. The molecule has 2 aromatic heterocycles. The van der Waals surface area contributed by atoms with Gasteiger partial charge in [-0.2, -0.15) is 0 Å². The third-order valence-electron chi connectivity index (χ3n) is 5.25. The Morgan fingerprint density at radius 2 is 1.87 bits per heavy atom. The van der Waals surface area contributed by atoms with Crippen molar-refractivity contribution in [1.29, 1.82) is 0 Å². The standard InChI is InChI=1S/C23H26N4O3/c24-11-14-29-21-4-2-13-26-22(21)23(28)27-17-5-7-18(8-6-17)30-19-9-10-20-16(15-19)3-1-12-25-20/h1-4,9-10,12-13,15,17-18H,5-8,11,14,24H2,(H,27,28). The molecule has 1 saturated carbocycles. The first-order valence-electron chi connectivity index (χ1n) is 10.3. The zero-order valence-corrected chi connectivity index (χ0v) is 16.8. The molecule has 3 N–H and O–H groups in total. The lowest BCUT2D eigenvalue weighted by Crippen LogP contribution is -2.40. The number of rotatable bonds is 7. The predicted molar refractivity (Wildman–Crippen MR) is 115 cm³/mol. The lowest BCUT2D eigenvalue weighted by molar-refractivity contribution is 0.0885. The summed E-state index contributed by atoms with van der Waals surface area (Å²) in [4.78, 5) is 21.2. The van der Waals surface area contributed by atoms with Crippen LogP contribution in [0.2, 0.25) is 0 Å². The zero-order chi connectivity index (χ0) is 20.8. The maximum atomic E-state index is 12.7. The van der Waals surface area contributed by atoms with Crippen LogP contribution in [0.5, 0.6) is 11.5 Å². The molecular weight excluding hydrogens is 380 g/mol. The van der Waals surface area contributed by atoms with Crippen LogP contribution in [0, 0.1) is 0 Å². The lowest BCUT2D eigenvalue weighted by Gasteiger charge is -2.29. The van der Waals surface area contributed by atoms with Gasteiger partial charge in [-0.1, -0.05) is 6.07 Å². The van der Waals surface area contributed by atoms with Crippen LogP contribution in [0.3, 0.4) is 0 Å². The Bertz CT molecular complexity index is 1000. The molecule has 4 rings (SSSR count). The quantitative estimate of drug-likeness (QED) is 0.626. The highest BCUT2D eigenvalue weighted by Gasteiger charge is 2.25. The van der Waals surface area contributed by atoms with Gasteiger partial charge < -0.3 is 20.5 Å². The maximum Gasteiger partial charge on any atom is 0.273 e. The fourth-order valence-corrected chi connectivity index (χ4v) is 3.74. The average molecular weight is 406 g/mol. The highest BCUT2D eigenvalue weighted by atomic mass is 16.5. The zero-order valence-electron chi connectivity index (χ0n) is 16.8. The number of fused-ring (bicyclic) bond motifs is 1. The second kappa shape index (κ2) is 9.54. The number of nitrogens with zero attached hydrogens (tertiary/aromatic N) is 2. The third kappa shape index (κ3) is 4.86. The normalized spacial score (nSPS) is 18.7. The molecule has 0 spiro atoms. The van der Waals surface area contributed by atoms with Gasteiger partial charge in [-0.3, -0.25) is 9.78 Å². The fraction of sp³-hybridized carbons (Fsp3) is 0.348. The lowest BCUT2D eigenvalue weighted by atomic mass is 9.92. The van der Waals surface area contributed by atoms with E-state index in [-0.39, 0.29) is 18.1 Å². The summed E-state index contributed by atoms with van der Waals surface area (Å²) in [6.07, 6.45) is 7.01. The molecular formula is C23H26N4O3. The van der Waals surface area contributed by atoms with Crippen LogP contribution < -0.4 is 20.5 Å². The number of amides is 1. The van der Waals surface area contributed by atoms with Gasteiger partial charge in [-0.15, -0.1) is 0 Å². The van der Waals surface area contributed by atoms with E-state index in [2.05, 4.69) is 15.3 Å². The number of aromatic nitrogens is 2. The van der Waals surface area contributed by atoms with E-state index in [4.69, 9.17) is 15.2 Å². The molecule has 1 aliphatic rings. The maximum absolute atomic E-state index is 12.7. The summed E-state index contributed by atoms with van der Waals surface area (Å²) in [5.74, 6) is 1.11. The summed E-state index contributed by atoms with van der Waals surface area (Å²) in [6, 6.07) is 13.5. The molecule has 0 saturated heterocycles. The molecule has 7 heteroatoms. The number of ether oxygens (including phenoxy) is 2. The van der Waals surface area contributed by atoms with Crippen LogP contribution in [0.25, 0.3) is 10.9 Å². The van der Waals surface area contributed by atoms with Gasteiger partial charge in [0.25, 0.3) is 5.91 Å². The van der Waals surface area contributed by atoms with E-state index in [1.807, 2.05) is 30.3 Å². The van der Waals surface area contributed by atoms with Crippen molar-refractivity contribution in [1.82, 2.24) is 15.3 Å². The molecule has 1 amide bonds. The van der Waals surface area contributed by atoms with Crippen LogP contribution in [0.4, 0.5) is 0 Å². The summed E-state index contributed by atoms with van der Waals surface area (Å²) in [6.45, 7) is 0.729. The van der Waals surface area contributed by atoms with Gasteiger partial charge in [-0.05, 0) is 62.1 Å². The molecule has 0 radical (unpaired) electrons. The van der Waals surface area contributed by atoms with Gasteiger partial charge in [0.15, 0.2) is 11.4 Å². The summed E-state index contributed by atoms with van der Waals surface area (Å²) in [5, 5.41) is 4.15. The van der Waals surface area contributed by atoms with Gasteiger partial charge in [0.05, 0.1) is 11.6 Å². The molecule has 1 fully saturated rings. The molecule has 7 nitrogen and oxygen atoms in total. The summed E-state index contributed by atoms with van der Waals surface area (Å²) >= 11 is 0. The number of hydrogen-bond donors (Lipinski definition) is 2. The van der Waals surface area contributed by atoms with E-state index in [0.29, 0.717) is 24.6 Å². The second-order valence-electron chi connectivity index (χ2n) is 7.41. The van der Waals surface area contributed by atoms with E-state index in [9.17, 15) is 4.79 Å². The van der Waals surface area contributed by atoms with Crippen molar-refractivity contribution in [2.45, 2.75) is 37.8 Å². The number of pyridine rings is 2. The first kappa shape index (κ1) is 20.1. The topological polar surface area (TPSA) is 99.4 Å². The Morgan fingerprint density at radius 1 is 1.07 bits per heavy atom. The van der Waals surface area contributed by atoms with Gasteiger partial charge in [0.1, 0.15) is 12.4 Å². The molecule has 1 aliphatic carbocycles. The Kier molecular flexibility index (Phi) is 6.39. The smallest absolute Gasteiger partial charge is 0.273 e. The number of carbonyl (C=O) groups is 1. The van der Waals surface area contributed by atoms with E-state index in [0.717, 1.165) is 42.3 Å². The average Bonchev–Trinajstić information content (AvgIpc) is 2.79. The monoisotopic (exact) mass is 406 g/mol. The predicted octanol–water partition coefficient (Wildman–Crippen LogP) is 3.09. The van der Waals surface area contributed by atoms with Crippen molar-refractivity contribution >= 4 is 16.8 Å². The number of hydrogen-bond acceptors (Lipinski definition) is 6. The largest absolute Gasteiger partial charge is 0.490 e. The fourth-order valence-electron chi connectivity index (χ4n) is 3.74. The third-order valence-corrected chi connectivity index (χ3v) is 5.25. The van der Waals surface area contributed by atoms with Crippen molar-refractivity contribution in [2.24, 2.45) is 5.73 Å². The van der Waals surface area contributed by atoms with Crippen LogP contribution in [0.1, 0.15) is 36.2 Å². The molecule has 30 heavy (non-hydrogen) atoms. The Morgan fingerprint density at radius 3 is 2.70 bits per heavy atom. The molecule has 0 bridgehead atoms. The van der Waals surface area contributed by atoms with E-state index < -0.39 is 0 Å². The first-order valence-corrected chi connectivity index (χ1v) is 10.3. The van der Waals surface area contributed by atoms with Crippen LogP contribution >= 0.6 is 0 Å². The first-order chi connectivity index (χ1) is 14.7. The number of carbonyl (C=O) groups excluding carboxylic acids is 1. The molecule has 3 aromatic rings. The van der Waals surface area contributed by atoms with Gasteiger partial charge in [0.2, 0.25) is 0 Å². The number of nitrogens with one attached hydrogen (secondary N) is 1. The molecule has 156 valence electrons. The number of benzene rings is 1. The second-order valence-corrected chi connectivity index (χ2v) is 7.41. The van der Waals surface area contributed by atoms with Crippen molar-refractivity contribution in [3.8, 4) is 11.5 Å². The highest BCUT2D eigenvalue weighted by Crippen LogP contribution is 2.26. The summed E-state index contributed by atoms with van der Waals surface area (Å²) < 4.78 is 11.7. The Hall–Kier alpha value is -3.19. The minimum atomic E-state index is -0.214. The molecule has 2 heterocycles. The minimum absolute atomic E-state index is 0.0996. The van der Waals surface area contributed by atoms with Crippen molar-refractivity contribution in [3.05, 3.63) is 60.6 Å². The summed E-state index contributed by atoms with van der Waals surface area (Å²) in [5.41, 5.74) is 6.75. The van der Waals surface area contributed by atoms with E-state index in [1.165, 1.54) is 0 Å². The van der Waals surface area contributed by atoms with Crippen LogP contribution in [-0.2, 0) is 0 Å². The molecule has 0 aliphatic heterocycles. The number of nitrogens with two attached hydrogens (primary N) is 1. The highest BCUT2D eigenvalue weighted by molar-refractivity contribution is 5.95. The van der Waals surface area contributed by atoms with Gasteiger partial charge >= 0.3 is 0 Å². The van der Waals surface area contributed by atoms with Crippen molar-refractivity contribution in [3.63, 3.8) is 0 Å². The SMILES string of the molecule is NCCOc1cccnc1C(=O)NC1CCC(Oc2ccc3ncccc3c2)CC1. The van der Waals surface area contributed by atoms with Gasteiger partial charge in [-0.25, -0.2) is 4.98 Å². The van der Waals surface area contributed by atoms with Gasteiger partial charge in [0, 0.05) is 30.4 Å². The van der Waals surface area contributed by atoms with Crippen molar-refractivity contribution < 1.29 is 14.3 Å². The van der Waals surface area contributed by atoms with Crippen LogP contribution in [-0.4, -0.2) is 41.2 Å². The molecule has 0 unspecified atom stereocenters. The van der Waals surface area contributed by atoms with E-state index >= 15 is 0 Å².